The summed E-state index contributed by atoms with van der Waals surface area (Å²) in [5, 5.41) is 3.53. The van der Waals surface area contributed by atoms with Crippen molar-refractivity contribution in [1.29, 1.82) is 0 Å². The van der Waals surface area contributed by atoms with Crippen molar-refractivity contribution >= 4 is 50.9 Å². The van der Waals surface area contributed by atoms with Crippen molar-refractivity contribution in [1.82, 2.24) is 14.5 Å². The second-order valence-corrected chi connectivity index (χ2v) is 12.0. The Morgan fingerprint density at radius 2 is 1.65 bits per heavy atom. The molecular formula is C29H29Cl2N3O5S. The van der Waals surface area contributed by atoms with Crippen molar-refractivity contribution in [2.24, 2.45) is 0 Å². The maximum Gasteiger partial charge on any atom is 0.269 e. The minimum absolute atomic E-state index is 0.0215. The SMILES string of the molecule is CCCNC(=O)[C@H](Cc1ccccc1)N(Cc1ccc(Cl)c(Cl)c1)C(=O)CCN1C(=O)c2ccccc2S1(=O)=O. The largest absolute Gasteiger partial charge is 0.354 e. The first-order valence-corrected chi connectivity index (χ1v) is 15.0. The lowest BCUT2D eigenvalue weighted by Crippen LogP contribution is -2.51. The molecule has 3 amide bonds. The average molecular weight is 603 g/mol. The molecule has 0 aromatic heterocycles. The zero-order valence-corrected chi connectivity index (χ0v) is 24.2. The fraction of sp³-hybridized carbons (Fsp3) is 0.276. The smallest absolute Gasteiger partial charge is 0.269 e. The number of amides is 3. The molecule has 1 aliphatic rings. The summed E-state index contributed by atoms with van der Waals surface area (Å²) < 4.78 is 26.8. The lowest BCUT2D eigenvalue weighted by Gasteiger charge is -2.32. The van der Waals surface area contributed by atoms with E-state index in [4.69, 9.17) is 23.2 Å². The molecule has 0 saturated heterocycles. The Bertz CT molecular complexity index is 1520. The summed E-state index contributed by atoms with van der Waals surface area (Å²) in [6.45, 7) is 2.02. The van der Waals surface area contributed by atoms with Gasteiger partial charge < -0.3 is 10.2 Å². The van der Waals surface area contributed by atoms with E-state index in [9.17, 15) is 22.8 Å². The molecule has 3 aromatic rings. The van der Waals surface area contributed by atoms with Gasteiger partial charge in [-0.2, -0.15) is 0 Å². The van der Waals surface area contributed by atoms with Gasteiger partial charge in [-0.3, -0.25) is 14.4 Å². The molecule has 0 spiro atoms. The third-order valence-corrected chi connectivity index (χ3v) is 9.18. The zero-order chi connectivity index (χ0) is 28.9. The van der Waals surface area contributed by atoms with E-state index in [2.05, 4.69) is 5.32 Å². The maximum absolute atomic E-state index is 13.8. The Labute approximate surface area is 243 Å². The van der Waals surface area contributed by atoms with Gasteiger partial charge in [0.15, 0.2) is 0 Å². The third-order valence-electron chi connectivity index (χ3n) is 6.60. The van der Waals surface area contributed by atoms with Gasteiger partial charge in [0.25, 0.3) is 15.9 Å². The van der Waals surface area contributed by atoms with Crippen LogP contribution in [0.2, 0.25) is 10.0 Å². The fourth-order valence-corrected chi connectivity index (χ4v) is 6.44. The maximum atomic E-state index is 13.8. The zero-order valence-electron chi connectivity index (χ0n) is 21.8. The van der Waals surface area contributed by atoms with Gasteiger partial charge in [0.1, 0.15) is 10.9 Å². The molecule has 1 heterocycles. The number of hydrogen-bond acceptors (Lipinski definition) is 5. The number of halogens is 2. The quantitative estimate of drug-likeness (QED) is 0.343. The van der Waals surface area contributed by atoms with Crippen LogP contribution in [0.5, 0.6) is 0 Å². The molecule has 210 valence electrons. The Morgan fingerprint density at radius 3 is 2.33 bits per heavy atom. The number of carbonyl (C=O) groups excluding carboxylic acids is 3. The van der Waals surface area contributed by atoms with Crippen LogP contribution >= 0.6 is 23.2 Å². The van der Waals surface area contributed by atoms with E-state index in [1.807, 2.05) is 37.3 Å². The topological polar surface area (TPSA) is 104 Å². The predicted molar refractivity (Wildman–Crippen MR) is 154 cm³/mol. The first-order valence-electron chi connectivity index (χ1n) is 12.8. The van der Waals surface area contributed by atoms with Gasteiger partial charge in [0.05, 0.1) is 15.6 Å². The summed E-state index contributed by atoms with van der Waals surface area (Å²) >= 11 is 12.3. The van der Waals surface area contributed by atoms with Gasteiger partial charge >= 0.3 is 0 Å². The number of rotatable bonds is 11. The van der Waals surface area contributed by atoms with Crippen molar-refractivity contribution in [2.45, 2.75) is 43.7 Å². The molecule has 1 atom stereocenters. The van der Waals surface area contributed by atoms with Crippen LogP contribution in [0.25, 0.3) is 0 Å². The van der Waals surface area contributed by atoms with Gasteiger partial charge in [0, 0.05) is 32.5 Å². The molecule has 0 saturated carbocycles. The van der Waals surface area contributed by atoms with E-state index in [0.29, 0.717) is 28.6 Å². The van der Waals surface area contributed by atoms with Crippen LogP contribution in [0.15, 0.2) is 77.7 Å². The van der Waals surface area contributed by atoms with Crippen LogP contribution in [0, 0.1) is 0 Å². The van der Waals surface area contributed by atoms with E-state index in [1.54, 1.807) is 30.3 Å². The summed E-state index contributed by atoms with van der Waals surface area (Å²) in [5.41, 5.74) is 1.56. The van der Waals surface area contributed by atoms with Crippen LogP contribution in [0.3, 0.4) is 0 Å². The molecular weight excluding hydrogens is 573 g/mol. The lowest BCUT2D eigenvalue weighted by atomic mass is 10.0. The molecule has 8 nitrogen and oxygen atoms in total. The second kappa shape index (κ2) is 12.8. The van der Waals surface area contributed by atoms with Crippen LogP contribution < -0.4 is 5.32 Å². The normalized spacial score (nSPS) is 14.5. The van der Waals surface area contributed by atoms with E-state index in [0.717, 1.165) is 9.87 Å². The van der Waals surface area contributed by atoms with Gasteiger partial charge in [-0.05, 0) is 41.8 Å². The predicted octanol–water partition coefficient (Wildman–Crippen LogP) is 4.69. The van der Waals surface area contributed by atoms with Crippen molar-refractivity contribution < 1.29 is 22.8 Å². The monoisotopic (exact) mass is 601 g/mol. The van der Waals surface area contributed by atoms with Gasteiger partial charge in [-0.1, -0.05) is 78.7 Å². The number of benzene rings is 3. The molecule has 0 unspecified atom stereocenters. The molecule has 11 heteroatoms. The molecule has 40 heavy (non-hydrogen) atoms. The first-order chi connectivity index (χ1) is 19.1. The number of nitrogens with zero attached hydrogens (tertiary/aromatic N) is 2. The number of nitrogens with one attached hydrogen (secondary N) is 1. The van der Waals surface area contributed by atoms with Gasteiger partial charge in [-0.15, -0.1) is 0 Å². The molecule has 0 fully saturated rings. The third kappa shape index (κ3) is 6.49. The summed E-state index contributed by atoms with van der Waals surface area (Å²) in [6.07, 6.45) is 0.627. The van der Waals surface area contributed by atoms with E-state index < -0.39 is 27.9 Å². The lowest BCUT2D eigenvalue weighted by molar-refractivity contribution is -0.141. The summed E-state index contributed by atoms with van der Waals surface area (Å²) in [6, 6.07) is 19.3. The molecule has 0 radical (unpaired) electrons. The molecule has 1 N–H and O–H groups in total. The van der Waals surface area contributed by atoms with Crippen molar-refractivity contribution in [3.05, 3.63) is 99.5 Å². The van der Waals surface area contributed by atoms with Crippen molar-refractivity contribution in [3.8, 4) is 0 Å². The molecule has 4 rings (SSSR count). The van der Waals surface area contributed by atoms with E-state index >= 15 is 0 Å². The van der Waals surface area contributed by atoms with E-state index in [-0.39, 0.29) is 42.3 Å². The second-order valence-electron chi connectivity index (χ2n) is 9.40. The summed E-state index contributed by atoms with van der Waals surface area (Å²) in [4.78, 5) is 41.4. The summed E-state index contributed by atoms with van der Waals surface area (Å²) in [7, 11) is -4.08. The highest BCUT2D eigenvalue weighted by Gasteiger charge is 2.41. The minimum atomic E-state index is -4.08. The Kier molecular flexibility index (Phi) is 9.50. The highest BCUT2D eigenvalue weighted by atomic mass is 35.5. The van der Waals surface area contributed by atoms with Crippen LogP contribution in [0.1, 0.15) is 41.3 Å². The van der Waals surface area contributed by atoms with Crippen LogP contribution in [-0.2, 0) is 32.6 Å². The highest BCUT2D eigenvalue weighted by Crippen LogP contribution is 2.30. The van der Waals surface area contributed by atoms with Gasteiger partial charge in [0.2, 0.25) is 11.8 Å². The summed E-state index contributed by atoms with van der Waals surface area (Å²) in [5.74, 6) is -1.50. The molecule has 0 aliphatic carbocycles. The standard InChI is InChI=1S/C29H29Cl2N3O5S/c1-2-15-32-28(36)25(18-20-8-4-3-5-9-20)33(19-21-12-13-23(30)24(31)17-21)27(35)14-16-34-29(37)22-10-6-7-11-26(22)40(34,38)39/h3-13,17,25H,2,14-16,18-19H2,1H3,(H,32,36)/t25-/m0/s1. The Hall–Kier alpha value is -3.40. The fourth-order valence-electron chi connectivity index (χ4n) is 4.55. The van der Waals surface area contributed by atoms with Crippen LogP contribution in [-0.4, -0.2) is 54.5 Å². The Balaban J connectivity index is 1.64. The number of carbonyl (C=O) groups is 3. The molecule has 0 bridgehead atoms. The first kappa shape index (κ1) is 29.6. The van der Waals surface area contributed by atoms with E-state index in [1.165, 1.54) is 17.0 Å². The van der Waals surface area contributed by atoms with Crippen molar-refractivity contribution in [2.75, 3.05) is 13.1 Å². The minimum Gasteiger partial charge on any atom is -0.354 e. The number of hydrogen-bond donors (Lipinski definition) is 1. The highest BCUT2D eigenvalue weighted by molar-refractivity contribution is 7.90. The van der Waals surface area contributed by atoms with Crippen LogP contribution in [0.4, 0.5) is 0 Å². The molecule has 1 aliphatic heterocycles. The Morgan fingerprint density at radius 1 is 0.950 bits per heavy atom. The number of fused-ring (bicyclic) bond motifs is 1. The van der Waals surface area contributed by atoms with Gasteiger partial charge in [-0.25, -0.2) is 12.7 Å². The van der Waals surface area contributed by atoms with Crippen molar-refractivity contribution in [3.63, 3.8) is 0 Å². The number of sulfonamides is 1. The molecule has 3 aromatic carbocycles. The average Bonchev–Trinajstić information content (AvgIpc) is 3.14.